The van der Waals surface area contributed by atoms with Crippen LogP contribution in [0.5, 0.6) is 0 Å². The SMILES string of the molecule is Cc1cc(C)c(NC(=O)c2csc(NC(=O)Nc3cccc(Cl)c3)n2)c(C)c1. The fraction of sp³-hybridized carbons (Fsp3) is 0.150. The Hall–Kier alpha value is -2.90. The molecule has 1 heterocycles. The largest absolute Gasteiger partial charge is 0.325 e. The molecule has 0 radical (unpaired) electrons. The van der Waals surface area contributed by atoms with Crippen molar-refractivity contribution in [2.24, 2.45) is 0 Å². The van der Waals surface area contributed by atoms with E-state index in [1.807, 2.05) is 32.9 Å². The molecule has 0 saturated heterocycles. The molecule has 144 valence electrons. The first-order valence-electron chi connectivity index (χ1n) is 8.50. The fourth-order valence-electron chi connectivity index (χ4n) is 2.82. The Morgan fingerprint density at radius 2 is 1.71 bits per heavy atom. The first kappa shape index (κ1) is 19.9. The van der Waals surface area contributed by atoms with Gasteiger partial charge in [0.25, 0.3) is 5.91 Å². The standard InChI is InChI=1S/C20H19ClN4O2S/c1-11-7-12(2)17(13(3)8-11)24-18(26)16-10-28-20(23-16)25-19(27)22-15-6-4-5-14(21)9-15/h4-10H,1-3H3,(H,24,26)(H2,22,23,25,27). The number of hydrogen-bond donors (Lipinski definition) is 3. The first-order valence-corrected chi connectivity index (χ1v) is 9.76. The van der Waals surface area contributed by atoms with Crippen LogP contribution in [0.2, 0.25) is 5.02 Å². The molecule has 0 aliphatic carbocycles. The maximum absolute atomic E-state index is 12.5. The van der Waals surface area contributed by atoms with Crippen LogP contribution in [0.1, 0.15) is 27.2 Å². The van der Waals surface area contributed by atoms with Gasteiger partial charge in [-0.2, -0.15) is 0 Å². The van der Waals surface area contributed by atoms with Crippen molar-refractivity contribution in [1.82, 2.24) is 4.98 Å². The number of amides is 3. The molecule has 0 aliphatic heterocycles. The van der Waals surface area contributed by atoms with Gasteiger partial charge in [-0.1, -0.05) is 35.4 Å². The number of nitrogens with zero attached hydrogens (tertiary/aromatic N) is 1. The minimum absolute atomic E-state index is 0.238. The number of hydrogen-bond acceptors (Lipinski definition) is 4. The summed E-state index contributed by atoms with van der Waals surface area (Å²) < 4.78 is 0. The van der Waals surface area contributed by atoms with E-state index >= 15 is 0 Å². The lowest BCUT2D eigenvalue weighted by atomic mass is 10.1. The van der Waals surface area contributed by atoms with E-state index < -0.39 is 6.03 Å². The zero-order chi connectivity index (χ0) is 20.3. The average Bonchev–Trinajstić information content (AvgIpc) is 3.06. The maximum atomic E-state index is 12.5. The molecule has 3 amide bonds. The number of nitrogens with one attached hydrogen (secondary N) is 3. The molecule has 3 aromatic rings. The van der Waals surface area contributed by atoms with E-state index in [0.717, 1.165) is 22.4 Å². The highest BCUT2D eigenvalue weighted by molar-refractivity contribution is 7.14. The summed E-state index contributed by atoms with van der Waals surface area (Å²) in [6.45, 7) is 5.91. The van der Waals surface area contributed by atoms with Crippen molar-refractivity contribution in [2.45, 2.75) is 20.8 Å². The average molecular weight is 415 g/mol. The Labute approximate surface area is 172 Å². The van der Waals surface area contributed by atoms with E-state index in [1.54, 1.807) is 29.6 Å². The molecular weight excluding hydrogens is 396 g/mol. The molecule has 28 heavy (non-hydrogen) atoms. The van der Waals surface area contributed by atoms with Gasteiger partial charge in [0, 0.05) is 21.8 Å². The fourth-order valence-corrected chi connectivity index (χ4v) is 3.69. The third kappa shape index (κ3) is 4.88. The van der Waals surface area contributed by atoms with Gasteiger partial charge in [0.05, 0.1) is 0 Å². The summed E-state index contributed by atoms with van der Waals surface area (Å²) in [6, 6.07) is 10.4. The van der Waals surface area contributed by atoms with Crippen LogP contribution in [-0.4, -0.2) is 16.9 Å². The highest BCUT2D eigenvalue weighted by Crippen LogP contribution is 2.24. The summed E-state index contributed by atoms with van der Waals surface area (Å²) in [5, 5.41) is 10.6. The van der Waals surface area contributed by atoms with Crippen molar-refractivity contribution in [3.63, 3.8) is 0 Å². The van der Waals surface area contributed by atoms with Gasteiger partial charge in [0.2, 0.25) is 0 Å². The number of rotatable bonds is 4. The van der Waals surface area contributed by atoms with Crippen molar-refractivity contribution in [2.75, 3.05) is 16.0 Å². The Balaban J connectivity index is 1.65. The molecule has 1 aromatic heterocycles. The van der Waals surface area contributed by atoms with Crippen LogP contribution in [0.25, 0.3) is 0 Å². The van der Waals surface area contributed by atoms with E-state index in [9.17, 15) is 9.59 Å². The summed E-state index contributed by atoms with van der Waals surface area (Å²) in [5.41, 5.74) is 4.68. The van der Waals surface area contributed by atoms with Gasteiger partial charge in [-0.05, 0) is 50.1 Å². The maximum Gasteiger partial charge on any atom is 0.325 e. The van der Waals surface area contributed by atoms with Crippen molar-refractivity contribution in [3.8, 4) is 0 Å². The molecule has 6 nitrogen and oxygen atoms in total. The first-order chi connectivity index (χ1) is 13.3. The summed E-state index contributed by atoms with van der Waals surface area (Å²) in [4.78, 5) is 28.8. The molecule has 3 rings (SSSR count). The highest BCUT2D eigenvalue weighted by Gasteiger charge is 2.15. The molecule has 0 atom stereocenters. The predicted molar refractivity (Wildman–Crippen MR) is 115 cm³/mol. The van der Waals surface area contributed by atoms with Crippen LogP contribution in [0.3, 0.4) is 0 Å². The van der Waals surface area contributed by atoms with Crippen molar-refractivity contribution in [1.29, 1.82) is 0 Å². The lowest BCUT2D eigenvalue weighted by Gasteiger charge is -2.11. The second-order valence-corrected chi connectivity index (χ2v) is 7.65. The number of aryl methyl sites for hydroxylation is 3. The second-order valence-electron chi connectivity index (χ2n) is 6.36. The number of thiazole rings is 1. The highest BCUT2D eigenvalue weighted by atomic mass is 35.5. The van der Waals surface area contributed by atoms with Gasteiger partial charge in [-0.3, -0.25) is 10.1 Å². The summed E-state index contributed by atoms with van der Waals surface area (Å²) >= 11 is 7.07. The van der Waals surface area contributed by atoms with Crippen molar-refractivity contribution >= 4 is 51.4 Å². The minimum Gasteiger partial charge on any atom is -0.320 e. The molecule has 0 saturated carbocycles. The van der Waals surface area contributed by atoms with Gasteiger partial charge >= 0.3 is 6.03 Å². The monoisotopic (exact) mass is 414 g/mol. The molecule has 0 bridgehead atoms. The normalized spacial score (nSPS) is 10.4. The van der Waals surface area contributed by atoms with Crippen LogP contribution in [0.4, 0.5) is 21.3 Å². The van der Waals surface area contributed by atoms with Gasteiger partial charge in [-0.15, -0.1) is 11.3 Å². The van der Waals surface area contributed by atoms with Gasteiger partial charge in [0.1, 0.15) is 5.69 Å². The Morgan fingerprint density at radius 3 is 2.39 bits per heavy atom. The van der Waals surface area contributed by atoms with Gasteiger partial charge in [0.15, 0.2) is 5.13 Å². The van der Waals surface area contributed by atoms with E-state index in [1.165, 1.54) is 11.3 Å². The minimum atomic E-state index is -0.464. The molecule has 0 unspecified atom stereocenters. The van der Waals surface area contributed by atoms with Crippen LogP contribution >= 0.6 is 22.9 Å². The lowest BCUT2D eigenvalue weighted by Crippen LogP contribution is -2.19. The number of carbonyl (C=O) groups is 2. The van der Waals surface area contributed by atoms with Gasteiger partial charge < -0.3 is 10.6 Å². The zero-order valence-corrected chi connectivity index (χ0v) is 17.2. The van der Waals surface area contributed by atoms with Crippen LogP contribution in [0.15, 0.2) is 41.8 Å². The van der Waals surface area contributed by atoms with Crippen molar-refractivity contribution in [3.05, 3.63) is 69.2 Å². The van der Waals surface area contributed by atoms with Gasteiger partial charge in [-0.25, -0.2) is 9.78 Å². The molecule has 8 heteroatoms. The van der Waals surface area contributed by atoms with E-state index in [4.69, 9.17) is 11.6 Å². The molecule has 2 aromatic carbocycles. The Kier molecular flexibility index (Phi) is 5.96. The predicted octanol–water partition coefficient (Wildman–Crippen LogP) is 5.62. The summed E-state index contributed by atoms with van der Waals surface area (Å²) in [6.07, 6.45) is 0. The summed E-state index contributed by atoms with van der Waals surface area (Å²) in [7, 11) is 0. The lowest BCUT2D eigenvalue weighted by molar-refractivity contribution is 0.102. The second kappa shape index (κ2) is 8.41. The van der Waals surface area contributed by atoms with E-state index in [2.05, 4.69) is 20.9 Å². The molecule has 0 fully saturated rings. The number of anilines is 3. The number of aromatic nitrogens is 1. The van der Waals surface area contributed by atoms with E-state index in [-0.39, 0.29) is 11.6 Å². The molecule has 3 N–H and O–H groups in total. The summed E-state index contributed by atoms with van der Waals surface area (Å²) in [5.74, 6) is -0.324. The number of carbonyl (C=O) groups excluding carboxylic acids is 2. The molecule has 0 spiro atoms. The van der Waals surface area contributed by atoms with Crippen LogP contribution in [0, 0.1) is 20.8 Å². The molecule has 0 aliphatic rings. The third-order valence-corrected chi connectivity index (χ3v) is 4.95. The van der Waals surface area contributed by atoms with Crippen LogP contribution in [-0.2, 0) is 0 Å². The number of halogens is 1. The van der Waals surface area contributed by atoms with Crippen LogP contribution < -0.4 is 16.0 Å². The quantitative estimate of drug-likeness (QED) is 0.518. The Morgan fingerprint density at radius 1 is 1.00 bits per heavy atom. The Bertz CT molecular complexity index is 1030. The van der Waals surface area contributed by atoms with Crippen molar-refractivity contribution < 1.29 is 9.59 Å². The zero-order valence-electron chi connectivity index (χ0n) is 15.6. The smallest absolute Gasteiger partial charge is 0.320 e. The van der Waals surface area contributed by atoms with E-state index in [0.29, 0.717) is 15.8 Å². The molecular formula is C20H19ClN4O2S. The number of benzene rings is 2. The topological polar surface area (TPSA) is 83.1 Å². The third-order valence-electron chi connectivity index (χ3n) is 3.96. The number of urea groups is 1.